The van der Waals surface area contributed by atoms with Crippen molar-refractivity contribution in [1.29, 1.82) is 0 Å². The van der Waals surface area contributed by atoms with E-state index in [1.54, 1.807) is 0 Å². The molecule has 3 atom stereocenters. The molecular weight excluding hydrogens is 168 g/mol. The van der Waals surface area contributed by atoms with Crippen LogP contribution in [-0.4, -0.2) is 0 Å². The van der Waals surface area contributed by atoms with Crippen LogP contribution in [0.3, 0.4) is 0 Å². The Labute approximate surface area is 90.8 Å². The quantitative estimate of drug-likeness (QED) is 0.508. The fraction of sp³-hybridized carbons (Fsp3) is 0.857. The fourth-order valence-corrected chi connectivity index (χ4v) is 2.31. The zero-order valence-electron chi connectivity index (χ0n) is 10.7. The van der Waals surface area contributed by atoms with E-state index in [0.717, 1.165) is 23.7 Å². The lowest BCUT2D eigenvalue weighted by atomic mass is 9.76. The van der Waals surface area contributed by atoms with Crippen LogP contribution in [-0.2, 0) is 0 Å². The van der Waals surface area contributed by atoms with Crippen LogP contribution in [0.25, 0.3) is 0 Å². The molecule has 14 heavy (non-hydrogen) atoms. The first-order chi connectivity index (χ1) is 6.52. The normalized spacial score (nSPS) is 17.9. The molecule has 0 bridgehead atoms. The highest BCUT2D eigenvalue weighted by atomic mass is 14.3. The van der Waals surface area contributed by atoms with Crippen LogP contribution >= 0.6 is 0 Å². The van der Waals surface area contributed by atoms with Crippen molar-refractivity contribution in [3.05, 3.63) is 12.7 Å². The van der Waals surface area contributed by atoms with Crippen molar-refractivity contribution in [2.75, 3.05) is 0 Å². The third-order valence-electron chi connectivity index (χ3n) is 3.39. The predicted molar refractivity (Wildman–Crippen MR) is 66.4 cm³/mol. The summed E-state index contributed by atoms with van der Waals surface area (Å²) in [4.78, 5) is 0. The second-order valence-electron chi connectivity index (χ2n) is 5.18. The minimum atomic E-state index is 0.796. The zero-order valence-corrected chi connectivity index (χ0v) is 10.7. The van der Waals surface area contributed by atoms with E-state index in [1.807, 2.05) is 0 Å². The molecule has 0 aliphatic rings. The van der Waals surface area contributed by atoms with Crippen molar-refractivity contribution in [3.8, 4) is 0 Å². The lowest BCUT2D eigenvalue weighted by Gasteiger charge is -2.30. The standard InChI is InChI=1S/C14H28/c1-7-9-13(6)14(10-11(3)4)12(5)8-2/h7,11-14H,1,8-10H2,2-6H3. The molecule has 0 nitrogen and oxygen atoms in total. The van der Waals surface area contributed by atoms with E-state index in [1.165, 1.54) is 19.3 Å². The summed E-state index contributed by atoms with van der Waals surface area (Å²) in [6.07, 6.45) is 5.91. The van der Waals surface area contributed by atoms with Gasteiger partial charge in [-0.15, -0.1) is 6.58 Å². The maximum atomic E-state index is 3.85. The van der Waals surface area contributed by atoms with Gasteiger partial charge in [0, 0.05) is 0 Å². The smallest absolute Gasteiger partial charge is 0.0325 e. The highest BCUT2D eigenvalue weighted by Crippen LogP contribution is 2.31. The zero-order chi connectivity index (χ0) is 11.1. The van der Waals surface area contributed by atoms with E-state index in [0.29, 0.717) is 0 Å². The van der Waals surface area contributed by atoms with Gasteiger partial charge in [-0.25, -0.2) is 0 Å². The molecule has 0 heteroatoms. The highest BCUT2D eigenvalue weighted by Gasteiger charge is 2.22. The topological polar surface area (TPSA) is 0 Å². The summed E-state index contributed by atoms with van der Waals surface area (Å²) >= 11 is 0. The fourth-order valence-electron chi connectivity index (χ4n) is 2.31. The summed E-state index contributed by atoms with van der Waals surface area (Å²) < 4.78 is 0. The van der Waals surface area contributed by atoms with Crippen LogP contribution in [0, 0.1) is 23.7 Å². The maximum Gasteiger partial charge on any atom is -0.0325 e. The molecule has 0 spiro atoms. The van der Waals surface area contributed by atoms with Crippen molar-refractivity contribution in [3.63, 3.8) is 0 Å². The van der Waals surface area contributed by atoms with Crippen LogP contribution in [0.2, 0.25) is 0 Å². The van der Waals surface area contributed by atoms with Gasteiger partial charge >= 0.3 is 0 Å². The van der Waals surface area contributed by atoms with Gasteiger partial charge in [-0.2, -0.15) is 0 Å². The average Bonchev–Trinajstić information content (AvgIpc) is 2.13. The molecule has 0 fully saturated rings. The van der Waals surface area contributed by atoms with Crippen molar-refractivity contribution in [2.45, 2.75) is 53.9 Å². The van der Waals surface area contributed by atoms with E-state index < -0.39 is 0 Å². The Morgan fingerprint density at radius 3 is 2.00 bits per heavy atom. The third kappa shape index (κ3) is 4.83. The summed E-state index contributed by atoms with van der Waals surface area (Å²) in [6.45, 7) is 15.6. The van der Waals surface area contributed by atoms with Gasteiger partial charge in [0.2, 0.25) is 0 Å². The minimum Gasteiger partial charge on any atom is -0.103 e. The Hall–Kier alpha value is -0.260. The van der Waals surface area contributed by atoms with Crippen LogP contribution in [0.5, 0.6) is 0 Å². The number of allylic oxidation sites excluding steroid dienone is 1. The molecule has 0 saturated carbocycles. The van der Waals surface area contributed by atoms with Gasteiger partial charge in [-0.1, -0.05) is 47.1 Å². The molecule has 0 N–H and O–H groups in total. The predicted octanol–water partition coefficient (Wildman–Crippen LogP) is 4.91. The van der Waals surface area contributed by atoms with Gasteiger partial charge < -0.3 is 0 Å². The van der Waals surface area contributed by atoms with E-state index in [9.17, 15) is 0 Å². The molecule has 0 aromatic heterocycles. The van der Waals surface area contributed by atoms with E-state index in [4.69, 9.17) is 0 Å². The van der Waals surface area contributed by atoms with Gasteiger partial charge in [-0.3, -0.25) is 0 Å². The lowest BCUT2D eigenvalue weighted by Crippen LogP contribution is -2.21. The molecule has 0 rings (SSSR count). The number of rotatable bonds is 7. The summed E-state index contributed by atoms with van der Waals surface area (Å²) in [5, 5.41) is 0. The third-order valence-corrected chi connectivity index (χ3v) is 3.39. The first kappa shape index (κ1) is 13.7. The highest BCUT2D eigenvalue weighted by molar-refractivity contribution is 4.79. The van der Waals surface area contributed by atoms with Gasteiger partial charge in [0.15, 0.2) is 0 Å². The molecule has 0 aromatic rings. The average molecular weight is 196 g/mol. The number of hydrogen-bond acceptors (Lipinski definition) is 0. The molecule has 0 amide bonds. The molecular formula is C14H28. The van der Waals surface area contributed by atoms with Gasteiger partial charge in [0.25, 0.3) is 0 Å². The van der Waals surface area contributed by atoms with Crippen molar-refractivity contribution in [1.82, 2.24) is 0 Å². The maximum absolute atomic E-state index is 3.85. The van der Waals surface area contributed by atoms with Crippen LogP contribution < -0.4 is 0 Å². The Morgan fingerprint density at radius 1 is 1.07 bits per heavy atom. The summed E-state index contributed by atoms with van der Waals surface area (Å²) in [5.74, 6) is 3.34. The van der Waals surface area contributed by atoms with Crippen LogP contribution in [0.15, 0.2) is 12.7 Å². The number of hydrogen-bond donors (Lipinski definition) is 0. The first-order valence-electron chi connectivity index (χ1n) is 6.13. The van der Waals surface area contributed by atoms with E-state index in [-0.39, 0.29) is 0 Å². The SMILES string of the molecule is C=CCC(C)C(CC(C)C)C(C)CC. The molecule has 3 unspecified atom stereocenters. The molecule has 84 valence electrons. The summed E-state index contributed by atoms with van der Waals surface area (Å²) in [6, 6.07) is 0. The Morgan fingerprint density at radius 2 is 1.64 bits per heavy atom. The van der Waals surface area contributed by atoms with Crippen molar-refractivity contribution in [2.24, 2.45) is 23.7 Å². The van der Waals surface area contributed by atoms with Gasteiger partial charge in [0.1, 0.15) is 0 Å². The lowest BCUT2D eigenvalue weighted by molar-refractivity contribution is 0.210. The largest absolute Gasteiger partial charge is 0.103 e. The van der Waals surface area contributed by atoms with Crippen molar-refractivity contribution < 1.29 is 0 Å². The molecule has 0 saturated heterocycles. The second kappa shape index (κ2) is 7.09. The van der Waals surface area contributed by atoms with Gasteiger partial charge in [0.05, 0.1) is 0 Å². The van der Waals surface area contributed by atoms with E-state index in [2.05, 4.69) is 47.3 Å². The molecule has 0 aliphatic carbocycles. The Bertz CT molecular complexity index is 146. The first-order valence-corrected chi connectivity index (χ1v) is 6.13. The molecule has 0 radical (unpaired) electrons. The molecule has 0 aromatic carbocycles. The van der Waals surface area contributed by atoms with Gasteiger partial charge in [-0.05, 0) is 36.5 Å². The minimum absolute atomic E-state index is 0.796. The van der Waals surface area contributed by atoms with Crippen LogP contribution in [0.4, 0.5) is 0 Å². The van der Waals surface area contributed by atoms with Crippen LogP contribution in [0.1, 0.15) is 53.9 Å². The summed E-state index contributed by atoms with van der Waals surface area (Å²) in [5.41, 5.74) is 0. The molecule has 0 heterocycles. The Balaban J connectivity index is 4.28. The van der Waals surface area contributed by atoms with Crippen molar-refractivity contribution >= 4 is 0 Å². The molecule has 0 aliphatic heterocycles. The summed E-state index contributed by atoms with van der Waals surface area (Å²) in [7, 11) is 0. The van der Waals surface area contributed by atoms with E-state index >= 15 is 0 Å². The Kier molecular flexibility index (Phi) is 6.96. The monoisotopic (exact) mass is 196 g/mol. The second-order valence-corrected chi connectivity index (χ2v) is 5.18.